The second-order valence-corrected chi connectivity index (χ2v) is 9.54. The molecule has 1 fully saturated rings. The summed E-state index contributed by atoms with van der Waals surface area (Å²) < 4.78 is 19.0. The van der Waals surface area contributed by atoms with Crippen LogP contribution in [0.15, 0.2) is 54.6 Å². The molecular formula is C25H27FO5S. The minimum absolute atomic E-state index is 0.263. The van der Waals surface area contributed by atoms with E-state index in [1.165, 1.54) is 19.1 Å². The molecule has 170 valence electrons. The number of thiophene rings is 1. The zero-order valence-corrected chi connectivity index (χ0v) is 18.7. The lowest BCUT2D eigenvalue weighted by atomic mass is 9.88. The number of rotatable bonds is 5. The Bertz CT molecular complexity index is 1060. The highest BCUT2D eigenvalue weighted by Crippen LogP contribution is 2.35. The summed E-state index contributed by atoms with van der Waals surface area (Å²) >= 11 is 1.63. The second kappa shape index (κ2) is 9.39. The maximum absolute atomic E-state index is 13.2. The molecule has 4 rings (SSSR count). The van der Waals surface area contributed by atoms with E-state index in [1.54, 1.807) is 23.5 Å². The van der Waals surface area contributed by atoms with Crippen molar-refractivity contribution in [3.8, 4) is 10.4 Å². The van der Waals surface area contributed by atoms with Gasteiger partial charge in [-0.05, 0) is 60.4 Å². The summed E-state index contributed by atoms with van der Waals surface area (Å²) in [6.45, 7) is 3.48. The van der Waals surface area contributed by atoms with Crippen molar-refractivity contribution in [2.45, 2.75) is 56.9 Å². The Kier molecular flexibility index (Phi) is 6.76. The maximum atomic E-state index is 13.2. The van der Waals surface area contributed by atoms with Crippen molar-refractivity contribution in [1.29, 1.82) is 0 Å². The highest BCUT2D eigenvalue weighted by atomic mass is 32.1. The summed E-state index contributed by atoms with van der Waals surface area (Å²) in [4.78, 5) is 2.18. The molecule has 1 aliphatic heterocycles. The molecule has 1 saturated heterocycles. The third-order valence-electron chi connectivity index (χ3n) is 5.98. The predicted molar refractivity (Wildman–Crippen MR) is 121 cm³/mol. The van der Waals surface area contributed by atoms with Crippen LogP contribution in [0.1, 0.15) is 34.6 Å². The van der Waals surface area contributed by atoms with Gasteiger partial charge in [0.15, 0.2) is 0 Å². The van der Waals surface area contributed by atoms with Crippen molar-refractivity contribution in [2.24, 2.45) is 0 Å². The van der Waals surface area contributed by atoms with Gasteiger partial charge in [0.25, 0.3) is 0 Å². The second-order valence-electron chi connectivity index (χ2n) is 8.37. The summed E-state index contributed by atoms with van der Waals surface area (Å²) in [6.07, 6.45) is -6.32. The van der Waals surface area contributed by atoms with Crippen molar-refractivity contribution < 1.29 is 29.6 Å². The molecule has 32 heavy (non-hydrogen) atoms. The molecule has 1 aromatic heterocycles. The standard InChI is InChI=1S/C25H27FO5S/c1-13-3-4-16(25-23(30)21(28)22(29)24(31-25)14(2)27)11-17(13)12-19-9-10-20(32-19)15-5-7-18(26)8-6-15/h3-11,14,21-25,27-30H,12H2,1-2H3/t14?,21-,22-,23+,24+,25-/m0/s1. The van der Waals surface area contributed by atoms with Gasteiger partial charge in [0.1, 0.15) is 36.3 Å². The Labute approximate surface area is 190 Å². The molecule has 3 aromatic rings. The van der Waals surface area contributed by atoms with E-state index in [-0.39, 0.29) is 5.82 Å². The highest BCUT2D eigenvalue weighted by Gasteiger charge is 2.45. The van der Waals surface area contributed by atoms with E-state index in [0.717, 1.165) is 26.4 Å². The molecule has 0 bridgehead atoms. The first-order chi connectivity index (χ1) is 15.2. The summed E-state index contributed by atoms with van der Waals surface area (Å²) in [7, 11) is 0. The Balaban J connectivity index is 1.57. The molecule has 5 nitrogen and oxygen atoms in total. The van der Waals surface area contributed by atoms with Crippen LogP contribution in [0.3, 0.4) is 0 Å². The van der Waals surface area contributed by atoms with Gasteiger partial charge in [0.2, 0.25) is 0 Å². The van der Waals surface area contributed by atoms with Crippen molar-refractivity contribution >= 4 is 11.3 Å². The number of hydrogen-bond acceptors (Lipinski definition) is 6. The van der Waals surface area contributed by atoms with Gasteiger partial charge >= 0.3 is 0 Å². The SMILES string of the molecule is Cc1ccc([C@@H]2O[C@H](C(C)O)[C@@H](O)[C@H](O)[C@H]2O)cc1Cc1ccc(-c2ccc(F)cc2)s1. The molecule has 6 atom stereocenters. The van der Waals surface area contributed by atoms with Gasteiger partial charge in [0.05, 0.1) is 6.10 Å². The number of ether oxygens (including phenoxy) is 1. The van der Waals surface area contributed by atoms with Gasteiger partial charge in [-0.2, -0.15) is 0 Å². The molecule has 1 aliphatic rings. The Morgan fingerprint density at radius 1 is 0.969 bits per heavy atom. The van der Waals surface area contributed by atoms with Crippen molar-refractivity contribution in [1.82, 2.24) is 0 Å². The van der Waals surface area contributed by atoms with E-state index in [2.05, 4.69) is 0 Å². The number of aryl methyl sites for hydroxylation is 1. The minimum atomic E-state index is -1.42. The predicted octanol–water partition coefficient (Wildman–Crippen LogP) is 3.36. The summed E-state index contributed by atoms with van der Waals surface area (Å²) in [6, 6.07) is 16.2. The smallest absolute Gasteiger partial charge is 0.123 e. The van der Waals surface area contributed by atoms with Crippen LogP contribution in [0.25, 0.3) is 10.4 Å². The first kappa shape index (κ1) is 23.0. The number of hydrogen-bond donors (Lipinski definition) is 4. The van der Waals surface area contributed by atoms with Gasteiger partial charge in [-0.1, -0.05) is 30.3 Å². The maximum Gasteiger partial charge on any atom is 0.123 e. The van der Waals surface area contributed by atoms with Crippen LogP contribution in [0, 0.1) is 12.7 Å². The van der Waals surface area contributed by atoms with E-state index in [1.807, 2.05) is 37.3 Å². The highest BCUT2D eigenvalue weighted by molar-refractivity contribution is 7.15. The van der Waals surface area contributed by atoms with Crippen LogP contribution in [-0.4, -0.2) is 50.9 Å². The summed E-state index contributed by atoms with van der Waals surface area (Å²) in [5.41, 5.74) is 3.75. The van der Waals surface area contributed by atoms with E-state index in [9.17, 15) is 24.8 Å². The lowest BCUT2D eigenvalue weighted by Gasteiger charge is -2.42. The van der Waals surface area contributed by atoms with E-state index in [0.29, 0.717) is 12.0 Å². The lowest BCUT2D eigenvalue weighted by Crippen LogP contribution is -2.57. The van der Waals surface area contributed by atoms with Crippen LogP contribution in [0.4, 0.5) is 4.39 Å². The molecule has 0 aliphatic carbocycles. The third-order valence-corrected chi connectivity index (χ3v) is 7.12. The van der Waals surface area contributed by atoms with Gasteiger partial charge in [-0.3, -0.25) is 0 Å². The number of aliphatic hydroxyl groups is 4. The van der Waals surface area contributed by atoms with E-state index in [4.69, 9.17) is 4.74 Å². The molecule has 2 heterocycles. The Hall–Kier alpha value is -2.13. The van der Waals surface area contributed by atoms with Gasteiger partial charge in [-0.15, -0.1) is 11.3 Å². The van der Waals surface area contributed by atoms with E-state index >= 15 is 0 Å². The van der Waals surface area contributed by atoms with Crippen LogP contribution in [-0.2, 0) is 11.2 Å². The van der Waals surface area contributed by atoms with Gasteiger partial charge in [0, 0.05) is 16.2 Å². The molecular weight excluding hydrogens is 431 g/mol. The van der Waals surface area contributed by atoms with Crippen LogP contribution < -0.4 is 0 Å². The molecule has 0 spiro atoms. The fourth-order valence-corrected chi connectivity index (χ4v) is 5.11. The van der Waals surface area contributed by atoms with Gasteiger partial charge < -0.3 is 25.2 Å². The molecule has 0 amide bonds. The Morgan fingerprint density at radius 3 is 2.38 bits per heavy atom. The average Bonchev–Trinajstić information content (AvgIpc) is 3.23. The summed E-state index contributed by atoms with van der Waals surface area (Å²) in [5, 5.41) is 40.8. The van der Waals surface area contributed by atoms with Gasteiger partial charge in [-0.25, -0.2) is 4.39 Å². The van der Waals surface area contributed by atoms with Crippen LogP contribution in [0.2, 0.25) is 0 Å². The molecule has 7 heteroatoms. The van der Waals surface area contributed by atoms with Crippen molar-refractivity contribution in [3.05, 3.63) is 82.0 Å². The number of aliphatic hydroxyl groups excluding tert-OH is 4. The van der Waals surface area contributed by atoms with E-state index < -0.39 is 36.6 Å². The first-order valence-corrected chi connectivity index (χ1v) is 11.4. The fourth-order valence-electron chi connectivity index (χ4n) is 4.07. The number of benzene rings is 2. The minimum Gasteiger partial charge on any atom is -0.391 e. The Morgan fingerprint density at radius 2 is 1.69 bits per heavy atom. The van der Waals surface area contributed by atoms with Crippen molar-refractivity contribution in [3.63, 3.8) is 0 Å². The monoisotopic (exact) mass is 458 g/mol. The largest absolute Gasteiger partial charge is 0.391 e. The first-order valence-electron chi connectivity index (χ1n) is 10.6. The zero-order chi connectivity index (χ0) is 23.0. The normalized spacial score (nSPS) is 26.8. The molecule has 2 aromatic carbocycles. The average molecular weight is 459 g/mol. The van der Waals surface area contributed by atoms with Crippen LogP contribution in [0.5, 0.6) is 0 Å². The quantitative estimate of drug-likeness (QED) is 0.471. The topological polar surface area (TPSA) is 90.2 Å². The molecule has 1 unspecified atom stereocenters. The number of halogens is 1. The zero-order valence-electron chi connectivity index (χ0n) is 17.9. The fraction of sp³-hybridized carbons (Fsp3) is 0.360. The van der Waals surface area contributed by atoms with Crippen LogP contribution >= 0.6 is 11.3 Å². The third kappa shape index (κ3) is 4.64. The summed E-state index contributed by atoms with van der Waals surface area (Å²) in [5.74, 6) is -0.263. The van der Waals surface area contributed by atoms with Crippen molar-refractivity contribution in [2.75, 3.05) is 0 Å². The molecule has 0 saturated carbocycles. The lowest BCUT2D eigenvalue weighted by molar-refractivity contribution is -0.243. The molecule has 4 N–H and O–H groups in total. The molecule has 0 radical (unpaired) electrons.